The first-order valence-electron chi connectivity index (χ1n) is 15.4. The van der Waals surface area contributed by atoms with E-state index >= 15 is 0 Å². The second kappa shape index (κ2) is 15.0. The summed E-state index contributed by atoms with van der Waals surface area (Å²) in [6.07, 6.45) is 10.4. The number of nitrogens with zero attached hydrogens (tertiary/aromatic N) is 1. The number of hydrogen-bond acceptors (Lipinski definition) is 5. The molecule has 0 bridgehead atoms. The second-order valence-electron chi connectivity index (χ2n) is 12.6. The van der Waals surface area contributed by atoms with Crippen molar-refractivity contribution in [3.05, 3.63) is 83.9 Å². The number of rotatable bonds is 12. The van der Waals surface area contributed by atoms with Gasteiger partial charge in [-0.05, 0) is 50.2 Å². The van der Waals surface area contributed by atoms with Gasteiger partial charge in [0.15, 0.2) is 5.79 Å². The number of benzene rings is 2. The van der Waals surface area contributed by atoms with Crippen LogP contribution in [0, 0.1) is 5.41 Å². The van der Waals surface area contributed by atoms with Gasteiger partial charge in [0.2, 0.25) is 0 Å². The Morgan fingerprint density at radius 1 is 0.976 bits per heavy atom. The molecule has 0 saturated carbocycles. The fraction of sp³-hybridized carbons (Fsp3) is 0.571. The monoisotopic (exact) mass is 563 g/mol. The van der Waals surface area contributed by atoms with Crippen molar-refractivity contribution in [2.45, 2.75) is 110 Å². The van der Waals surface area contributed by atoms with Crippen LogP contribution in [0.5, 0.6) is 0 Å². The predicted molar refractivity (Wildman–Crippen MR) is 162 cm³/mol. The fourth-order valence-corrected chi connectivity index (χ4v) is 5.63. The van der Waals surface area contributed by atoms with Crippen molar-refractivity contribution >= 4 is 6.09 Å². The van der Waals surface area contributed by atoms with Gasteiger partial charge in [-0.1, -0.05) is 100 Å². The highest BCUT2D eigenvalue weighted by atomic mass is 16.7. The van der Waals surface area contributed by atoms with Gasteiger partial charge >= 0.3 is 6.09 Å². The van der Waals surface area contributed by atoms with Crippen LogP contribution in [0.15, 0.2) is 72.8 Å². The van der Waals surface area contributed by atoms with Gasteiger partial charge in [-0.2, -0.15) is 0 Å². The van der Waals surface area contributed by atoms with E-state index in [1.807, 2.05) is 60.4 Å². The molecule has 0 aromatic heterocycles. The maximum atomic E-state index is 13.7. The van der Waals surface area contributed by atoms with Gasteiger partial charge in [0, 0.05) is 17.9 Å². The van der Waals surface area contributed by atoms with Gasteiger partial charge in [0.1, 0.15) is 6.61 Å². The van der Waals surface area contributed by atoms with Crippen molar-refractivity contribution in [2.75, 3.05) is 13.2 Å². The number of piperidine rings is 1. The Bertz CT molecular complexity index is 1080. The lowest BCUT2D eigenvalue weighted by Crippen LogP contribution is -2.51. The lowest BCUT2D eigenvalue weighted by Gasteiger charge is -2.42. The molecule has 2 aliphatic heterocycles. The van der Waals surface area contributed by atoms with Crippen LogP contribution < -0.4 is 0 Å². The average molecular weight is 564 g/mol. The molecule has 1 amide bonds. The minimum absolute atomic E-state index is 0.0245. The second-order valence-corrected chi connectivity index (χ2v) is 12.6. The molecular formula is C35H49NO5. The van der Waals surface area contributed by atoms with Crippen molar-refractivity contribution in [1.29, 1.82) is 0 Å². The van der Waals surface area contributed by atoms with E-state index in [4.69, 9.17) is 18.9 Å². The lowest BCUT2D eigenvalue weighted by atomic mass is 9.90. The van der Waals surface area contributed by atoms with E-state index < -0.39 is 5.79 Å². The van der Waals surface area contributed by atoms with Crippen LogP contribution in [-0.2, 0) is 32.2 Å². The zero-order valence-electron chi connectivity index (χ0n) is 25.4. The summed E-state index contributed by atoms with van der Waals surface area (Å²) in [5, 5.41) is 0. The number of ether oxygens (including phenoxy) is 4. The molecular weight excluding hydrogens is 514 g/mol. The maximum absolute atomic E-state index is 13.7. The summed E-state index contributed by atoms with van der Waals surface area (Å²) in [5.41, 5.74) is 2.18. The van der Waals surface area contributed by atoms with Gasteiger partial charge in [-0.15, -0.1) is 0 Å². The Labute approximate surface area is 247 Å². The van der Waals surface area contributed by atoms with Crippen molar-refractivity contribution in [3.63, 3.8) is 0 Å². The topological polar surface area (TPSA) is 57.2 Å². The SMILES string of the molecule is CCC[C@H](C[C@@H]1CCC[C@@H](/C=C/CC2(C)OCC(C)(C)CO2)N1C(=O)OCc1ccccc1)OCc1ccccc1. The third-order valence-corrected chi connectivity index (χ3v) is 8.06. The molecule has 0 spiro atoms. The number of carbonyl (C=O) groups excluding carboxylic acids is 1. The molecule has 6 heteroatoms. The minimum Gasteiger partial charge on any atom is -0.445 e. The summed E-state index contributed by atoms with van der Waals surface area (Å²) >= 11 is 0. The minimum atomic E-state index is -0.643. The smallest absolute Gasteiger partial charge is 0.410 e. The van der Waals surface area contributed by atoms with Crippen LogP contribution in [-0.4, -0.2) is 48.2 Å². The first-order valence-corrected chi connectivity index (χ1v) is 15.4. The highest BCUT2D eigenvalue weighted by Crippen LogP contribution is 2.33. The molecule has 6 nitrogen and oxygen atoms in total. The van der Waals surface area contributed by atoms with E-state index in [0.717, 1.165) is 44.1 Å². The fourth-order valence-electron chi connectivity index (χ4n) is 5.63. The summed E-state index contributed by atoms with van der Waals surface area (Å²) in [7, 11) is 0. The Morgan fingerprint density at radius 2 is 1.61 bits per heavy atom. The van der Waals surface area contributed by atoms with E-state index in [1.54, 1.807) is 0 Å². The van der Waals surface area contributed by atoms with Crippen LogP contribution in [0.4, 0.5) is 4.79 Å². The van der Waals surface area contributed by atoms with Crippen molar-refractivity contribution in [1.82, 2.24) is 4.90 Å². The van der Waals surface area contributed by atoms with E-state index in [0.29, 0.717) is 26.2 Å². The Kier molecular flexibility index (Phi) is 11.4. The van der Waals surface area contributed by atoms with E-state index in [2.05, 4.69) is 45.1 Å². The van der Waals surface area contributed by atoms with Crippen LogP contribution in [0.25, 0.3) is 0 Å². The number of hydrogen-bond donors (Lipinski definition) is 0. The van der Waals surface area contributed by atoms with Crippen LogP contribution in [0.3, 0.4) is 0 Å². The van der Waals surface area contributed by atoms with Crippen LogP contribution >= 0.6 is 0 Å². The summed E-state index contributed by atoms with van der Waals surface area (Å²) in [4.78, 5) is 15.7. The highest BCUT2D eigenvalue weighted by molar-refractivity contribution is 5.69. The zero-order chi connectivity index (χ0) is 29.1. The van der Waals surface area contributed by atoms with Gasteiger partial charge in [-0.25, -0.2) is 4.79 Å². The van der Waals surface area contributed by atoms with E-state index in [9.17, 15) is 4.79 Å². The number of carbonyl (C=O) groups is 1. The quantitative estimate of drug-likeness (QED) is 0.245. The highest BCUT2D eigenvalue weighted by Gasteiger charge is 2.38. The van der Waals surface area contributed by atoms with E-state index in [1.165, 1.54) is 5.56 Å². The summed E-state index contributed by atoms with van der Waals surface area (Å²) < 4.78 is 24.5. The molecule has 2 fully saturated rings. The lowest BCUT2D eigenvalue weighted by molar-refractivity contribution is -0.287. The molecule has 4 rings (SSSR count). The van der Waals surface area contributed by atoms with Crippen molar-refractivity contribution in [2.24, 2.45) is 5.41 Å². The first kappa shape index (κ1) is 31.3. The van der Waals surface area contributed by atoms with Crippen LogP contribution in [0.2, 0.25) is 0 Å². The normalized spacial score (nSPS) is 22.9. The molecule has 41 heavy (non-hydrogen) atoms. The summed E-state index contributed by atoms with van der Waals surface area (Å²) in [6, 6.07) is 20.2. The van der Waals surface area contributed by atoms with Gasteiger partial charge in [-0.3, -0.25) is 4.90 Å². The molecule has 3 atom stereocenters. The van der Waals surface area contributed by atoms with Gasteiger partial charge in [0.05, 0.1) is 32.0 Å². The molecule has 2 saturated heterocycles. The Morgan fingerprint density at radius 3 is 2.24 bits per heavy atom. The Hall–Kier alpha value is -2.67. The van der Waals surface area contributed by atoms with E-state index in [-0.39, 0.29) is 36.3 Å². The maximum Gasteiger partial charge on any atom is 0.410 e. The van der Waals surface area contributed by atoms with Gasteiger partial charge in [0.25, 0.3) is 0 Å². The molecule has 0 radical (unpaired) electrons. The number of likely N-dealkylation sites (tertiary alicyclic amines) is 1. The molecule has 2 aromatic carbocycles. The largest absolute Gasteiger partial charge is 0.445 e. The Balaban J connectivity index is 1.45. The first-order chi connectivity index (χ1) is 19.8. The standard InChI is InChI=1S/C35H49NO5/c1-5-14-32(38-24-28-15-8-6-9-16-28)23-31-20-12-19-30(21-13-22-35(4)40-26-34(2,3)27-41-35)36(31)33(37)39-25-29-17-10-7-11-18-29/h6-11,13,15-18,21,30-32H,5,12,14,19-20,22-27H2,1-4H3/b21-13+/t30-,31-,32+/m0/s1. The summed E-state index contributed by atoms with van der Waals surface area (Å²) in [5.74, 6) is -0.643. The molecule has 224 valence electrons. The molecule has 2 aromatic rings. The molecule has 0 unspecified atom stereocenters. The molecule has 0 N–H and O–H groups in total. The zero-order valence-corrected chi connectivity index (χ0v) is 25.4. The van der Waals surface area contributed by atoms with Gasteiger partial charge < -0.3 is 18.9 Å². The molecule has 2 aliphatic rings. The molecule has 2 heterocycles. The van der Waals surface area contributed by atoms with Crippen molar-refractivity contribution < 1.29 is 23.7 Å². The number of amides is 1. The van der Waals surface area contributed by atoms with Crippen LogP contribution in [0.1, 0.15) is 83.8 Å². The average Bonchev–Trinajstić information content (AvgIpc) is 2.98. The predicted octanol–water partition coefficient (Wildman–Crippen LogP) is 8.06. The third-order valence-electron chi connectivity index (χ3n) is 8.06. The third kappa shape index (κ3) is 9.69. The summed E-state index contributed by atoms with van der Waals surface area (Å²) in [6.45, 7) is 10.7. The molecule has 0 aliphatic carbocycles. The van der Waals surface area contributed by atoms with Crippen molar-refractivity contribution in [3.8, 4) is 0 Å².